The molecule has 4 rings (SSSR count). The third-order valence-electron chi connectivity index (χ3n) is 5.24. The number of imide groups is 1. The number of carbonyl (C=O) groups excluding carboxylic acids is 4. The topological polar surface area (TPSA) is 97.7 Å². The number of aromatic nitrogens is 1. The zero-order valence-corrected chi connectivity index (χ0v) is 17.0. The van der Waals surface area contributed by atoms with Crippen molar-refractivity contribution in [2.45, 2.75) is 25.9 Å². The minimum atomic E-state index is -0.457. The zero-order chi connectivity index (χ0) is 22.0. The molecular weight excluding hydrogens is 398 g/mol. The fourth-order valence-electron chi connectivity index (χ4n) is 3.68. The molecule has 2 heterocycles. The van der Waals surface area contributed by atoms with Gasteiger partial charge in [-0.1, -0.05) is 30.3 Å². The maximum atomic E-state index is 12.6. The van der Waals surface area contributed by atoms with E-state index in [2.05, 4.69) is 5.32 Å². The van der Waals surface area contributed by atoms with Crippen molar-refractivity contribution < 1.29 is 23.9 Å². The molecule has 1 aromatic heterocycles. The van der Waals surface area contributed by atoms with E-state index in [4.69, 9.17) is 4.74 Å². The molecule has 0 spiro atoms. The molecule has 1 saturated heterocycles. The second-order valence-corrected chi connectivity index (χ2v) is 7.30. The van der Waals surface area contributed by atoms with Crippen LogP contribution in [0.5, 0.6) is 0 Å². The molecule has 8 heteroatoms. The number of methoxy groups -OCH3 is 1. The number of anilines is 1. The number of likely N-dealkylation sites (tertiary alicyclic amines) is 1. The van der Waals surface area contributed by atoms with Crippen LogP contribution in [0.15, 0.2) is 54.7 Å². The second-order valence-electron chi connectivity index (χ2n) is 7.30. The summed E-state index contributed by atoms with van der Waals surface area (Å²) in [6, 6.07) is 14.3. The van der Waals surface area contributed by atoms with Gasteiger partial charge in [-0.05, 0) is 23.8 Å². The van der Waals surface area contributed by atoms with Gasteiger partial charge >= 0.3 is 5.97 Å². The lowest BCUT2D eigenvalue weighted by Crippen LogP contribution is -2.28. The minimum Gasteiger partial charge on any atom is -0.465 e. The SMILES string of the molecule is COC(=O)c1cn(CC(=O)Nc2ccc(CN3C(=O)CCC3=O)cc2)c2ccccc12. The van der Waals surface area contributed by atoms with E-state index in [0.717, 1.165) is 16.5 Å². The smallest absolute Gasteiger partial charge is 0.340 e. The Labute approximate surface area is 178 Å². The summed E-state index contributed by atoms with van der Waals surface area (Å²) < 4.78 is 6.54. The average Bonchev–Trinajstić information content (AvgIpc) is 3.29. The number of nitrogens with one attached hydrogen (secondary N) is 1. The van der Waals surface area contributed by atoms with E-state index >= 15 is 0 Å². The minimum absolute atomic E-state index is 0.0238. The molecule has 1 aliphatic heterocycles. The number of esters is 1. The van der Waals surface area contributed by atoms with Gasteiger partial charge in [0.05, 0.1) is 19.2 Å². The lowest BCUT2D eigenvalue weighted by Gasteiger charge is -2.14. The Balaban J connectivity index is 1.44. The van der Waals surface area contributed by atoms with Crippen LogP contribution >= 0.6 is 0 Å². The van der Waals surface area contributed by atoms with Crippen LogP contribution in [0, 0.1) is 0 Å². The van der Waals surface area contributed by atoms with Crippen molar-refractivity contribution >= 4 is 40.3 Å². The predicted octanol–water partition coefficient (Wildman–Crippen LogP) is 2.72. The highest BCUT2D eigenvalue weighted by molar-refractivity contribution is 6.05. The summed E-state index contributed by atoms with van der Waals surface area (Å²) in [5, 5.41) is 3.54. The number of amides is 3. The van der Waals surface area contributed by atoms with Crippen LogP contribution in [0.1, 0.15) is 28.8 Å². The molecule has 3 aromatic rings. The molecular formula is C23H21N3O5. The monoisotopic (exact) mass is 419 g/mol. The number of ether oxygens (including phenoxy) is 1. The normalized spacial score (nSPS) is 13.6. The Morgan fingerprint density at radius 2 is 1.68 bits per heavy atom. The van der Waals surface area contributed by atoms with E-state index in [0.29, 0.717) is 11.3 Å². The molecule has 0 bridgehead atoms. The number of para-hydroxylation sites is 1. The predicted molar refractivity (Wildman–Crippen MR) is 113 cm³/mol. The number of carbonyl (C=O) groups is 4. The van der Waals surface area contributed by atoms with Crippen molar-refractivity contribution in [2.75, 3.05) is 12.4 Å². The number of fused-ring (bicyclic) bond motifs is 1. The van der Waals surface area contributed by atoms with E-state index < -0.39 is 5.97 Å². The van der Waals surface area contributed by atoms with Crippen molar-refractivity contribution in [1.29, 1.82) is 0 Å². The second kappa shape index (κ2) is 8.43. The molecule has 1 aliphatic rings. The van der Waals surface area contributed by atoms with Crippen LogP contribution in [0.3, 0.4) is 0 Å². The molecule has 0 saturated carbocycles. The molecule has 0 atom stereocenters. The van der Waals surface area contributed by atoms with Gasteiger partial charge in [-0.25, -0.2) is 4.79 Å². The van der Waals surface area contributed by atoms with Crippen LogP contribution in [0.2, 0.25) is 0 Å². The first-order valence-corrected chi connectivity index (χ1v) is 9.84. The first kappa shape index (κ1) is 20.3. The summed E-state index contributed by atoms with van der Waals surface area (Å²) in [6.07, 6.45) is 2.14. The van der Waals surface area contributed by atoms with Gasteiger partial charge in [-0.3, -0.25) is 19.3 Å². The summed E-state index contributed by atoms with van der Waals surface area (Å²) in [5.41, 5.74) is 2.56. The van der Waals surface area contributed by atoms with Crippen molar-refractivity contribution in [1.82, 2.24) is 9.47 Å². The first-order valence-electron chi connectivity index (χ1n) is 9.84. The van der Waals surface area contributed by atoms with E-state index in [9.17, 15) is 19.2 Å². The van der Waals surface area contributed by atoms with Crippen molar-refractivity contribution in [3.63, 3.8) is 0 Å². The van der Waals surface area contributed by atoms with Crippen LogP contribution < -0.4 is 5.32 Å². The quantitative estimate of drug-likeness (QED) is 0.489. The van der Waals surface area contributed by atoms with Crippen LogP contribution in [-0.2, 0) is 32.2 Å². The van der Waals surface area contributed by atoms with Gasteiger partial charge in [0, 0.05) is 35.6 Å². The highest BCUT2D eigenvalue weighted by Crippen LogP contribution is 2.22. The van der Waals surface area contributed by atoms with Gasteiger partial charge in [0.1, 0.15) is 6.54 Å². The summed E-state index contributed by atoms with van der Waals surface area (Å²) >= 11 is 0. The van der Waals surface area contributed by atoms with Crippen molar-refractivity contribution in [3.05, 3.63) is 65.9 Å². The summed E-state index contributed by atoms with van der Waals surface area (Å²) in [6.45, 7) is 0.258. The fourth-order valence-corrected chi connectivity index (χ4v) is 3.68. The van der Waals surface area contributed by atoms with Crippen molar-refractivity contribution in [2.24, 2.45) is 0 Å². The Bertz CT molecular complexity index is 1160. The summed E-state index contributed by atoms with van der Waals surface area (Å²) in [7, 11) is 1.32. The van der Waals surface area contributed by atoms with Crippen LogP contribution in [0.4, 0.5) is 5.69 Å². The zero-order valence-electron chi connectivity index (χ0n) is 17.0. The number of benzene rings is 2. The van der Waals surface area contributed by atoms with Gasteiger partial charge in [-0.15, -0.1) is 0 Å². The van der Waals surface area contributed by atoms with Gasteiger partial charge < -0.3 is 14.6 Å². The van der Waals surface area contributed by atoms with Gasteiger partial charge in [0.2, 0.25) is 17.7 Å². The fraction of sp³-hybridized carbons (Fsp3) is 0.217. The van der Waals surface area contributed by atoms with Gasteiger partial charge in [0.25, 0.3) is 0 Å². The maximum Gasteiger partial charge on any atom is 0.340 e. The molecule has 0 radical (unpaired) electrons. The number of nitrogens with zero attached hydrogens (tertiary/aromatic N) is 2. The Kier molecular flexibility index (Phi) is 5.53. The summed E-state index contributed by atoms with van der Waals surface area (Å²) in [4.78, 5) is 49.4. The highest BCUT2D eigenvalue weighted by Gasteiger charge is 2.28. The molecule has 3 amide bonds. The maximum absolute atomic E-state index is 12.6. The van der Waals surface area contributed by atoms with Gasteiger partial charge in [0.15, 0.2) is 0 Å². The molecule has 1 N–H and O–H groups in total. The first-order chi connectivity index (χ1) is 15.0. The lowest BCUT2D eigenvalue weighted by molar-refractivity contribution is -0.139. The number of hydrogen-bond donors (Lipinski definition) is 1. The van der Waals surface area contributed by atoms with Crippen LogP contribution in [-0.4, -0.2) is 40.3 Å². The Morgan fingerprint density at radius 1 is 1.00 bits per heavy atom. The molecule has 31 heavy (non-hydrogen) atoms. The van der Waals surface area contributed by atoms with Gasteiger partial charge in [-0.2, -0.15) is 0 Å². The largest absolute Gasteiger partial charge is 0.465 e. The lowest BCUT2D eigenvalue weighted by atomic mass is 10.2. The van der Waals surface area contributed by atoms with Crippen molar-refractivity contribution in [3.8, 4) is 0 Å². The third kappa shape index (κ3) is 4.18. The third-order valence-corrected chi connectivity index (χ3v) is 5.24. The molecule has 1 fully saturated rings. The Hall–Kier alpha value is -3.94. The molecule has 2 aromatic carbocycles. The van der Waals surface area contributed by atoms with E-state index in [1.807, 2.05) is 24.3 Å². The summed E-state index contributed by atoms with van der Waals surface area (Å²) in [5.74, 6) is -1.03. The molecule has 0 unspecified atom stereocenters. The van der Waals surface area contributed by atoms with Crippen LogP contribution in [0.25, 0.3) is 10.9 Å². The molecule has 0 aliphatic carbocycles. The van der Waals surface area contributed by atoms with E-state index in [1.54, 1.807) is 35.0 Å². The Morgan fingerprint density at radius 3 is 2.35 bits per heavy atom. The molecule has 158 valence electrons. The molecule has 8 nitrogen and oxygen atoms in total. The standard InChI is InChI=1S/C23H21N3O5/c1-31-23(30)18-13-25(19-5-3-2-4-17(18)19)14-20(27)24-16-8-6-15(7-9-16)12-26-21(28)10-11-22(26)29/h2-9,13H,10-12,14H2,1H3,(H,24,27). The number of rotatable bonds is 6. The van der Waals surface area contributed by atoms with E-state index in [-0.39, 0.29) is 43.7 Å². The highest BCUT2D eigenvalue weighted by atomic mass is 16.5. The van der Waals surface area contributed by atoms with E-state index in [1.165, 1.54) is 12.0 Å². The number of hydrogen-bond acceptors (Lipinski definition) is 5. The average molecular weight is 419 g/mol.